The van der Waals surface area contributed by atoms with Gasteiger partial charge in [-0.1, -0.05) is 17.7 Å². The van der Waals surface area contributed by atoms with Gasteiger partial charge in [-0.3, -0.25) is 4.79 Å². The molecule has 0 atom stereocenters. The summed E-state index contributed by atoms with van der Waals surface area (Å²) in [6.07, 6.45) is 1.38. The van der Waals surface area contributed by atoms with Gasteiger partial charge < -0.3 is 5.32 Å². The summed E-state index contributed by atoms with van der Waals surface area (Å²) in [4.78, 5) is 13.1. The number of benzene rings is 1. The van der Waals surface area contributed by atoms with Gasteiger partial charge in [0.15, 0.2) is 0 Å². The second-order valence-electron chi connectivity index (χ2n) is 5.01. The van der Waals surface area contributed by atoms with Crippen molar-refractivity contribution in [2.75, 3.05) is 12.4 Å². The van der Waals surface area contributed by atoms with Crippen molar-refractivity contribution in [1.82, 2.24) is 4.31 Å². The van der Waals surface area contributed by atoms with Gasteiger partial charge in [0.05, 0.1) is 15.6 Å². The minimum Gasteiger partial charge on any atom is -0.321 e. The molecule has 1 aromatic heterocycles. The van der Waals surface area contributed by atoms with E-state index in [-0.39, 0.29) is 22.1 Å². The second kappa shape index (κ2) is 6.58. The van der Waals surface area contributed by atoms with E-state index in [0.717, 1.165) is 10.4 Å². The van der Waals surface area contributed by atoms with Crippen LogP contribution in [0.25, 0.3) is 0 Å². The van der Waals surface area contributed by atoms with E-state index in [1.54, 1.807) is 17.5 Å². The third kappa shape index (κ3) is 3.58. The highest BCUT2D eigenvalue weighted by atomic mass is 35.5. The summed E-state index contributed by atoms with van der Waals surface area (Å²) in [5, 5.41) is 4.12. The van der Waals surface area contributed by atoms with Crippen LogP contribution in [0.1, 0.15) is 4.88 Å². The highest BCUT2D eigenvalue weighted by molar-refractivity contribution is 7.88. The largest absolute Gasteiger partial charge is 0.345 e. The smallest absolute Gasteiger partial charge is 0.321 e. The van der Waals surface area contributed by atoms with Gasteiger partial charge in [-0.25, -0.2) is 8.70 Å². The maximum atomic E-state index is 13.2. The summed E-state index contributed by atoms with van der Waals surface area (Å²) in [5.41, 5.74) is 0.303. The van der Waals surface area contributed by atoms with Crippen LogP contribution in [0.4, 0.5) is 10.1 Å². The molecule has 6 nitrogen and oxygen atoms in total. The first-order chi connectivity index (χ1) is 11.8. The number of hydrogen-bond donors (Lipinski definition) is 1. The molecule has 2 aromatic rings. The first-order valence-corrected chi connectivity index (χ1v) is 9.54. The predicted octanol–water partition coefficient (Wildman–Crippen LogP) is 3.04. The highest BCUT2D eigenvalue weighted by Crippen LogP contribution is 2.24. The molecule has 0 bridgehead atoms. The van der Waals surface area contributed by atoms with Crippen molar-refractivity contribution >= 4 is 50.5 Å². The molecule has 1 aliphatic heterocycles. The number of hydrogen-bond acceptors (Lipinski definition) is 4. The fourth-order valence-electron chi connectivity index (χ4n) is 2.07. The standard InChI is InChI=1S/C15H11ClFN3O3S2/c1-20-13(15(21)18-9-4-5-11(17)10(16)7-9)8-12(19-25(20,22)23)14-3-2-6-24-14/h2-8H,1H3,(H,18,21). The molecule has 0 aliphatic carbocycles. The van der Waals surface area contributed by atoms with Crippen LogP contribution in [-0.2, 0) is 15.0 Å². The number of amides is 1. The van der Waals surface area contributed by atoms with Crippen LogP contribution in [-0.4, -0.2) is 31.4 Å². The van der Waals surface area contributed by atoms with Crippen molar-refractivity contribution < 1.29 is 17.6 Å². The molecule has 1 N–H and O–H groups in total. The lowest BCUT2D eigenvalue weighted by Gasteiger charge is -2.23. The number of rotatable bonds is 3. The summed E-state index contributed by atoms with van der Waals surface area (Å²) < 4.78 is 42.1. The quantitative estimate of drug-likeness (QED) is 0.861. The number of thiophene rings is 1. The van der Waals surface area contributed by atoms with Crippen molar-refractivity contribution in [1.29, 1.82) is 0 Å². The van der Waals surface area contributed by atoms with Crippen molar-refractivity contribution in [3.63, 3.8) is 0 Å². The van der Waals surface area contributed by atoms with Crippen molar-refractivity contribution in [2.24, 2.45) is 4.40 Å². The molecular formula is C15H11ClFN3O3S2. The number of likely N-dealkylation sites (N-methyl/N-ethyl adjacent to an activating group) is 1. The Morgan fingerprint density at radius 1 is 1.36 bits per heavy atom. The Balaban J connectivity index is 1.94. The van der Waals surface area contributed by atoms with Crippen LogP contribution >= 0.6 is 22.9 Å². The number of allylic oxidation sites excluding steroid dienone is 1. The van der Waals surface area contributed by atoms with E-state index in [0.29, 0.717) is 4.88 Å². The van der Waals surface area contributed by atoms with Gasteiger partial charge in [-0.05, 0) is 35.7 Å². The summed E-state index contributed by atoms with van der Waals surface area (Å²) in [7, 11) is -2.80. The molecule has 0 radical (unpaired) electrons. The van der Waals surface area contributed by atoms with E-state index in [9.17, 15) is 17.6 Å². The van der Waals surface area contributed by atoms with Crippen molar-refractivity contribution in [3.05, 3.63) is 63.2 Å². The number of nitrogens with one attached hydrogen (secondary N) is 1. The molecule has 0 saturated carbocycles. The van der Waals surface area contributed by atoms with Gasteiger partial charge in [0.25, 0.3) is 5.91 Å². The van der Waals surface area contributed by atoms with Crippen molar-refractivity contribution in [3.8, 4) is 0 Å². The van der Waals surface area contributed by atoms with E-state index in [1.165, 1.54) is 36.6 Å². The molecule has 1 aromatic carbocycles. The number of halogens is 2. The van der Waals surface area contributed by atoms with Gasteiger partial charge in [-0.2, -0.15) is 8.42 Å². The summed E-state index contributed by atoms with van der Waals surface area (Å²) in [5.74, 6) is -1.30. The second-order valence-corrected chi connectivity index (χ2v) is 7.99. The van der Waals surface area contributed by atoms with E-state index < -0.39 is 21.9 Å². The molecule has 0 unspecified atom stereocenters. The number of nitrogens with zero attached hydrogens (tertiary/aromatic N) is 2. The normalized spacial score (nSPS) is 16.2. The Morgan fingerprint density at radius 2 is 2.12 bits per heavy atom. The Labute approximate surface area is 152 Å². The van der Waals surface area contributed by atoms with Crippen LogP contribution in [0.2, 0.25) is 5.02 Å². The Kier molecular flexibility index (Phi) is 4.63. The summed E-state index contributed by atoms with van der Waals surface area (Å²) >= 11 is 6.99. The van der Waals surface area contributed by atoms with Crippen LogP contribution < -0.4 is 5.32 Å². The molecule has 10 heteroatoms. The lowest BCUT2D eigenvalue weighted by atomic mass is 10.2. The third-order valence-corrected chi connectivity index (χ3v) is 5.85. The zero-order valence-electron chi connectivity index (χ0n) is 12.7. The Morgan fingerprint density at radius 3 is 2.76 bits per heavy atom. The minimum atomic E-state index is -4.03. The molecule has 2 heterocycles. The topological polar surface area (TPSA) is 78.8 Å². The molecule has 1 amide bonds. The summed E-state index contributed by atoms with van der Waals surface area (Å²) in [6, 6.07) is 7.12. The Hall–Kier alpha value is -2.23. The fourth-order valence-corrected chi connectivity index (χ4v) is 3.91. The van der Waals surface area contributed by atoms with Gasteiger partial charge in [0.1, 0.15) is 11.5 Å². The Bertz CT molecular complexity index is 1000. The number of anilines is 1. The summed E-state index contributed by atoms with van der Waals surface area (Å²) in [6.45, 7) is 0. The number of carbonyl (C=O) groups is 1. The maximum Gasteiger partial charge on any atom is 0.345 e. The van der Waals surface area contributed by atoms with Crippen LogP contribution in [0, 0.1) is 5.82 Å². The first kappa shape index (κ1) is 17.6. The van der Waals surface area contributed by atoms with E-state index in [1.807, 2.05) is 0 Å². The van der Waals surface area contributed by atoms with E-state index in [4.69, 9.17) is 11.6 Å². The van der Waals surface area contributed by atoms with Gasteiger partial charge >= 0.3 is 10.2 Å². The zero-order valence-corrected chi connectivity index (χ0v) is 15.1. The average molecular weight is 400 g/mol. The van der Waals surface area contributed by atoms with Crippen molar-refractivity contribution in [2.45, 2.75) is 0 Å². The zero-order chi connectivity index (χ0) is 18.2. The van der Waals surface area contributed by atoms with Gasteiger partial charge in [0, 0.05) is 12.7 Å². The average Bonchev–Trinajstić information content (AvgIpc) is 3.07. The predicted molar refractivity (Wildman–Crippen MR) is 95.7 cm³/mol. The molecule has 0 saturated heterocycles. The molecule has 0 spiro atoms. The first-order valence-electron chi connectivity index (χ1n) is 6.89. The lowest BCUT2D eigenvalue weighted by molar-refractivity contribution is -0.113. The molecular weight excluding hydrogens is 389 g/mol. The third-order valence-electron chi connectivity index (χ3n) is 3.36. The van der Waals surface area contributed by atoms with E-state index >= 15 is 0 Å². The maximum absolute atomic E-state index is 13.2. The van der Waals surface area contributed by atoms with Gasteiger partial charge in [-0.15, -0.1) is 15.7 Å². The molecule has 25 heavy (non-hydrogen) atoms. The van der Waals surface area contributed by atoms with Crippen LogP contribution in [0.15, 0.2) is 51.9 Å². The molecule has 1 aliphatic rings. The monoisotopic (exact) mass is 399 g/mol. The van der Waals surface area contributed by atoms with Gasteiger partial charge in [0.2, 0.25) is 0 Å². The van der Waals surface area contributed by atoms with Crippen LogP contribution in [0.5, 0.6) is 0 Å². The highest BCUT2D eigenvalue weighted by Gasteiger charge is 2.30. The van der Waals surface area contributed by atoms with Crippen LogP contribution in [0.3, 0.4) is 0 Å². The SMILES string of the molecule is CN1C(C(=O)Nc2ccc(F)c(Cl)c2)=CC(c2cccs2)=NS1(=O)=O. The molecule has 3 rings (SSSR count). The fraction of sp³-hybridized carbons (Fsp3) is 0.0667. The number of carbonyl (C=O) groups excluding carboxylic acids is 1. The molecule has 0 fully saturated rings. The molecule has 130 valence electrons. The van der Waals surface area contributed by atoms with E-state index in [2.05, 4.69) is 9.71 Å². The minimum absolute atomic E-state index is 0.112. The lowest BCUT2D eigenvalue weighted by Crippen LogP contribution is -2.35.